The van der Waals surface area contributed by atoms with Gasteiger partial charge in [-0.05, 0) is 30.4 Å². The van der Waals surface area contributed by atoms with Crippen molar-refractivity contribution < 1.29 is 0 Å². The van der Waals surface area contributed by atoms with E-state index in [0.717, 1.165) is 12.8 Å². The summed E-state index contributed by atoms with van der Waals surface area (Å²) in [6.45, 7) is 0. The van der Waals surface area contributed by atoms with Crippen LogP contribution in [0.3, 0.4) is 0 Å². The zero-order valence-corrected chi connectivity index (χ0v) is 9.92. The predicted octanol–water partition coefficient (Wildman–Crippen LogP) is 4.54. The summed E-state index contributed by atoms with van der Waals surface area (Å²) in [5.41, 5.74) is 2.65. The molecule has 0 bridgehead atoms. The highest BCUT2D eigenvalue weighted by Gasteiger charge is 1.90. The van der Waals surface area contributed by atoms with E-state index in [4.69, 9.17) is 0 Å². The lowest BCUT2D eigenvalue weighted by Crippen LogP contribution is -1.83. The Morgan fingerprint density at radius 1 is 0.765 bits per heavy atom. The number of aryl methyl sites for hydroxylation is 1. The molecule has 0 saturated carbocycles. The van der Waals surface area contributed by atoms with Crippen LogP contribution in [0.1, 0.15) is 17.5 Å². The largest absolute Gasteiger partial charge is 0.0802 e. The Kier molecular flexibility index (Phi) is 4.59. The molecule has 0 heterocycles. The molecule has 2 aromatic carbocycles. The van der Waals surface area contributed by atoms with E-state index in [1.54, 1.807) is 0 Å². The molecule has 0 spiro atoms. The van der Waals surface area contributed by atoms with Crippen LogP contribution in [0, 0.1) is 6.42 Å². The van der Waals surface area contributed by atoms with Gasteiger partial charge in [-0.15, -0.1) is 0 Å². The standard InChI is InChI=1S/C17H17/c1-4-10-16(11-5-1)14-8-3-9-15-17-12-6-2-7-13-17/h1-8,10-14H,9,15H2. The lowest BCUT2D eigenvalue weighted by molar-refractivity contribution is 0.963. The van der Waals surface area contributed by atoms with Crippen LogP contribution in [0.5, 0.6) is 0 Å². The van der Waals surface area contributed by atoms with Gasteiger partial charge in [-0.1, -0.05) is 72.8 Å². The maximum Gasteiger partial charge on any atom is -0.0164 e. The van der Waals surface area contributed by atoms with Gasteiger partial charge in [0.2, 0.25) is 0 Å². The van der Waals surface area contributed by atoms with Gasteiger partial charge in [-0.25, -0.2) is 0 Å². The van der Waals surface area contributed by atoms with Crippen molar-refractivity contribution in [2.45, 2.75) is 12.8 Å². The first-order valence-corrected chi connectivity index (χ1v) is 6.04. The summed E-state index contributed by atoms with van der Waals surface area (Å²) < 4.78 is 0. The minimum Gasteiger partial charge on any atom is -0.0802 e. The fraction of sp³-hybridized carbons (Fsp3) is 0.118. The van der Waals surface area contributed by atoms with E-state index in [0.29, 0.717) is 0 Å². The predicted molar refractivity (Wildman–Crippen MR) is 74.5 cm³/mol. The highest BCUT2D eigenvalue weighted by atomic mass is 14.0. The third-order valence-electron chi connectivity index (χ3n) is 2.67. The summed E-state index contributed by atoms with van der Waals surface area (Å²) in [6, 6.07) is 21.0. The highest BCUT2D eigenvalue weighted by molar-refractivity contribution is 5.49. The first-order valence-electron chi connectivity index (χ1n) is 6.04. The average molecular weight is 221 g/mol. The third kappa shape index (κ3) is 4.28. The van der Waals surface area contributed by atoms with Crippen LogP contribution in [0.15, 0.2) is 66.7 Å². The summed E-state index contributed by atoms with van der Waals surface area (Å²) in [5, 5.41) is 0. The fourth-order valence-electron chi connectivity index (χ4n) is 1.73. The van der Waals surface area contributed by atoms with Crippen LogP contribution in [0.4, 0.5) is 0 Å². The van der Waals surface area contributed by atoms with Gasteiger partial charge in [0.25, 0.3) is 0 Å². The summed E-state index contributed by atoms with van der Waals surface area (Å²) in [4.78, 5) is 0. The second-order valence-corrected chi connectivity index (χ2v) is 4.03. The lowest BCUT2D eigenvalue weighted by Gasteiger charge is -1.98. The Bertz CT molecular complexity index is 440. The van der Waals surface area contributed by atoms with Gasteiger partial charge in [-0.3, -0.25) is 0 Å². The molecule has 0 fully saturated rings. The van der Waals surface area contributed by atoms with E-state index in [-0.39, 0.29) is 0 Å². The summed E-state index contributed by atoms with van der Waals surface area (Å²) in [6.07, 6.45) is 8.70. The minimum absolute atomic E-state index is 1.09. The lowest BCUT2D eigenvalue weighted by atomic mass is 10.1. The molecule has 85 valence electrons. The SMILES string of the molecule is [CH](C=Cc1ccccc1)CCc1ccccc1. The van der Waals surface area contributed by atoms with Gasteiger partial charge in [0, 0.05) is 0 Å². The molecule has 1 radical (unpaired) electrons. The fourth-order valence-corrected chi connectivity index (χ4v) is 1.73. The molecule has 2 rings (SSSR count). The zero-order chi connectivity index (χ0) is 11.8. The molecule has 2 aromatic rings. The van der Waals surface area contributed by atoms with Crippen molar-refractivity contribution in [3.8, 4) is 0 Å². The Morgan fingerprint density at radius 3 is 2.12 bits per heavy atom. The number of rotatable bonds is 5. The maximum atomic E-state index is 2.22. The van der Waals surface area contributed by atoms with Crippen LogP contribution < -0.4 is 0 Å². The molecule has 17 heavy (non-hydrogen) atoms. The molecule has 0 nitrogen and oxygen atoms in total. The quantitative estimate of drug-likeness (QED) is 0.650. The molecular weight excluding hydrogens is 204 g/mol. The number of benzene rings is 2. The van der Waals surface area contributed by atoms with Crippen molar-refractivity contribution in [3.05, 3.63) is 84.3 Å². The van der Waals surface area contributed by atoms with E-state index in [9.17, 15) is 0 Å². The minimum atomic E-state index is 1.09. The number of unbranched alkanes of at least 4 members (excludes halogenated alkanes) is 1. The van der Waals surface area contributed by atoms with Gasteiger partial charge in [0.05, 0.1) is 0 Å². The molecule has 0 heteroatoms. The van der Waals surface area contributed by atoms with E-state index in [2.05, 4.69) is 73.2 Å². The number of allylic oxidation sites excluding steroid dienone is 1. The van der Waals surface area contributed by atoms with Crippen LogP contribution in [-0.4, -0.2) is 0 Å². The van der Waals surface area contributed by atoms with Crippen LogP contribution in [-0.2, 0) is 6.42 Å². The molecule has 0 amide bonds. The van der Waals surface area contributed by atoms with Crippen molar-refractivity contribution >= 4 is 6.08 Å². The monoisotopic (exact) mass is 221 g/mol. The van der Waals surface area contributed by atoms with Gasteiger partial charge in [0.1, 0.15) is 0 Å². The molecule has 0 atom stereocenters. The van der Waals surface area contributed by atoms with Crippen LogP contribution >= 0.6 is 0 Å². The molecule has 0 aliphatic carbocycles. The molecular formula is C17H17. The Balaban J connectivity index is 1.72. The second kappa shape index (κ2) is 6.70. The van der Waals surface area contributed by atoms with Crippen molar-refractivity contribution in [2.24, 2.45) is 0 Å². The van der Waals surface area contributed by atoms with E-state index < -0.39 is 0 Å². The first kappa shape index (κ1) is 11.7. The first-order chi connectivity index (χ1) is 8.45. The number of hydrogen-bond acceptors (Lipinski definition) is 0. The summed E-state index contributed by atoms with van der Waals surface area (Å²) in [7, 11) is 0. The molecule has 0 aliphatic heterocycles. The van der Waals surface area contributed by atoms with Crippen molar-refractivity contribution in [1.82, 2.24) is 0 Å². The van der Waals surface area contributed by atoms with Crippen LogP contribution in [0.2, 0.25) is 0 Å². The van der Waals surface area contributed by atoms with E-state index in [1.807, 2.05) is 6.07 Å². The third-order valence-corrected chi connectivity index (χ3v) is 2.67. The van der Waals surface area contributed by atoms with Gasteiger partial charge in [0.15, 0.2) is 0 Å². The molecule has 0 aromatic heterocycles. The normalized spacial score (nSPS) is 10.8. The van der Waals surface area contributed by atoms with Crippen molar-refractivity contribution in [1.29, 1.82) is 0 Å². The Hall–Kier alpha value is -1.82. The molecule has 0 saturated heterocycles. The summed E-state index contributed by atoms with van der Waals surface area (Å²) >= 11 is 0. The number of hydrogen-bond donors (Lipinski definition) is 0. The Morgan fingerprint density at radius 2 is 1.41 bits per heavy atom. The smallest absolute Gasteiger partial charge is 0.0164 e. The maximum absolute atomic E-state index is 2.22. The topological polar surface area (TPSA) is 0 Å². The zero-order valence-electron chi connectivity index (χ0n) is 9.92. The second-order valence-electron chi connectivity index (χ2n) is 4.03. The van der Waals surface area contributed by atoms with E-state index >= 15 is 0 Å². The molecule has 0 N–H and O–H groups in total. The summed E-state index contributed by atoms with van der Waals surface area (Å²) in [5.74, 6) is 0. The highest BCUT2D eigenvalue weighted by Crippen LogP contribution is 2.06. The van der Waals surface area contributed by atoms with Gasteiger partial charge >= 0.3 is 0 Å². The van der Waals surface area contributed by atoms with Crippen LogP contribution in [0.25, 0.3) is 6.08 Å². The average Bonchev–Trinajstić information content (AvgIpc) is 2.41. The molecule has 0 unspecified atom stereocenters. The molecule has 0 aliphatic rings. The van der Waals surface area contributed by atoms with E-state index in [1.165, 1.54) is 11.1 Å². The Labute approximate surface area is 104 Å². The van der Waals surface area contributed by atoms with Gasteiger partial charge in [-0.2, -0.15) is 0 Å². The van der Waals surface area contributed by atoms with Crippen molar-refractivity contribution in [3.63, 3.8) is 0 Å². The van der Waals surface area contributed by atoms with Crippen molar-refractivity contribution in [2.75, 3.05) is 0 Å². The van der Waals surface area contributed by atoms with Gasteiger partial charge < -0.3 is 0 Å².